The Balaban J connectivity index is 1.32. The monoisotopic (exact) mass is 515 g/mol. The second-order valence-electron chi connectivity index (χ2n) is 9.94. The molecule has 2 aromatic rings. The molecule has 0 radical (unpaired) electrons. The number of aliphatic hydroxyl groups is 1. The predicted molar refractivity (Wildman–Crippen MR) is 130 cm³/mol. The van der Waals surface area contributed by atoms with Gasteiger partial charge in [-0.3, -0.25) is 5.41 Å². The molecule has 1 aromatic carbocycles. The number of carboxylic acid groups (broad SMARTS) is 1. The lowest BCUT2D eigenvalue weighted by Crippen LogP contribution is -2.46. The first-order chi connectivity index (χ1) is 17.6. The van der Waals surface area contributed by atoms with Gasteiger partial charge in [0.05, 0.1) is 24.0 Å². The number of ether oxygens (including phenoxy) is 1. The Bertz CT molecular complexity index is 1230. The molecular weight excluding hydrogens is 487 g/mol. The fourth-order valence-electron chi connectivity index (χ4n) is 5.51. The van der Waals surface area contributed by atoms with Crippen LogP contribution in [0.4, 0.5) is 19.0 Å². The summed E-state index contributed by atoms with van der Waals surface area (Å²) >= 11 is 0. The number of rotatable bonds is 8. The number of halogens is 3. The molecule has 37 heavy (non-hydrogen) atoms. The predicted octanol–water partition coefficient (Wildman–Crippen LogP) is 5.61. The number of aromatic nitrogens is 1. The second kappa shape index (κ2) is 9.81. The lowest BCUT2D eigenvalue weighted by molar-refractivity contribution is -0.137. The molecule has 1 aromatic heterocycles. The number of aliphatic hydroxyl groups excluding tert-OH is 1. The molecule has 0 spiro atoms. The topological polar surface area (TPSA) is 107 Å². The number of nitrogens with zero attached hydrogens (tertiary/aromatic N) is 2. The third-order valence-electron chi connectivity index (χ3n) is 7.45. The highest BCUT2D eigenvalue weighted by Crippen LogP contribution is 2.41. The van der Waals surface area contributed by atoms with Crippen LogP contribution >= 0.6 is 0 Å². The molecule has 5 rings (SSSR count). The van der Waals surface area contributed by atoms with E-state index in [2.05, 4.69) is 9.88 Å². The summed E-state index contributed by atoms with van der Waals surface area (Å²) in [5.74, 6) is -0.681. The third kappa shape index (κ3) is 5.20. The van der Waals surface area contributed by atoms with Gasteiger partial charge in [-0.25, -0.2) is 9.78 Å². The van der Waals surface area contributed by atoms with Crippen LogP contribution in [0.25, 0.3) is 0 Å². The average Bonchev–Trinajstić information content (AvgIpc) is 3.68. The summed E-state index contributed by atoms with van der Waals surface area (Å²) in [6.07, 6.45) is -0.295. The van der Waals surface area contributed by atoms with Gasteiger partial charge in [0.1, 0.15) is 11.6 Å². The molecule has 2 unspecified atom stereocenters. The zero-order chi connectivity index (χ0) is 26.3. The average molecular weight is 516 g/mol. The van der Waals surface area contributed by atoms with E-state index in [1.54, 1.807) is 12.1 Å². The number of carboxylic acids is 1. The van der Waals surface area contributed by atoms with Gasteiger partial charge in [-0.05, 0) is 56.7 Å². The second-order valence-corrected chi connectivity index (χ2v) is 9.94. The Morgan fingerprint density at radius 2 is 1.70 bits per heavy atom. The van der Waals surface area contributed by atoms with Crippen molar-refractivity contribution in [1.29, 1.82) is 5.41 Å². The molecule has 3 fully saturated rings. The van der Waals surface area contributed by atoms with Crippen molar-refractivity contribution in [3.8, 4) is 0 Å². The molecule has 1 saturated carbocycles. The number of pyridine rings is 1. The molecule has 1 aliphatic carbocycles. The molecule has 3 N–H and O–H groups in total. The Labute approximate surface area is 212 Å². The summed E-state index contributed by atoms with van der Waals surface area (Å²) in [6, 6.07) is 10.0. The van der Waals surface area contributed by atoms with Crippen molar-refractivity contribution in [3.63, 3.8) is 0 Å². The van der Waals surface area contributed by atoms with E-state index >= 15 is 0 Å². The van der Waals surface area contributed by atoms with Crippen molar-refractivity contribution in [1.82, 2.24) is 4.98 Å². The number of piperidine rings is 1. The first-order valence-corrected chi connectivity index (χ1v) is 12.4. The summed E-state index contributed by atoms with van der Waals surface area (Å²) in [7, 11) is 0. The van der Waals surface area contributed by atoms with Crippen molar-refractivity contribution >= 4 is 17.5 Å². The van der Waals surface area contributed by atoms with Gasteiger partial charge in [0.2, 0.25) is 0 Å². The van der Waals surface area contributed by atoms with E-state index in [-0.39, 0.29) is 59.0 Å². The van der Waals surface area contributed by atoms with Gasteiger partial charge in [-0.15, -0.1) is 0 Å². The van der Waals surface area contributed by atoms with E-state index in [1.165, 1.54) is 24.3 Å². The summed E-state index contributed by atoms with van der Waals surface area (Å²) in [5.41, 5.74) is -1.47. The summed E-state index contributed by atoms with van der Waals surface area (Å²) in [4.78, 5) is 17.8. The van der Waals surface area contributed by atoms with E-state index < -0.39 is 17.7 Å². The zero-order valence-electron chi connectivity index (χ0n) is 20.0. The SMILES string of the molecule is N=C(/C(COC1CC2CC[C@@H](C1)N2c1cccc(C(=O)O)n1)=C(\O)C1CC1)c1ccccc1C(F)(F)F. The highest BCUT2D eigenvalue weighted by molar-refractivity contribution is 6.12. The van der Waals surface area contributed by atoms with Gasteiger partial charge in [-0.1, -0.05) is 24.3 Å². The number of hydrogen-bond donors (Lipinski definition) is 3. The number of benzene rings is 1. The molecule has 2 bridgehead atoms. The van der Waals surface area contributed by atoms with Crippen LogP contribution in [0.5, 0.6) is 0 Å². The number of carbonyl (C=O) groups is 1. The van der Waals surface area contributed by atoms with Gasteiger partial charge in [0.15, 0.2) is 5.69 Å². The van der Waals surface area contributed by atoms with Gasteiger partial charge < -0.3 is 19.8 Å². The molecule has 3 heterocycles. The van der Waals surface area contributed by atoms with Crippen LogP contribution in [0, 0.1) is 11.3 Å². The van der Waals surface area contributed by atoms with E-state index in [1.807, 2.05) is 0 Å². The molecular formula is C27H28F3N3O4. The third-order valence-corrected chi connectivity index (χ3v) is 7.45. The number of anilines is 1. The fourth-order valence-corrected chi connectivity index (χ4v) is 5.51. The molecule has 2 saturated heterocycles. The van der Waals surface area contributed by atoms with Crippen LogP contribution < -0.4 is 4.90 Å². The number of fused-ring (bicyclic) bond motifs is 2. The highest BCUT2D eigenvalue weighted by atomic mass is 19.4. The molecule has 0 amide bonds. The van der Waals surface area contributed by atoms with Crippen molar-refractivity contribution in [2.75, 3.05) is 11.5 Å². The van der Waals surface area contributed by atoms with Crippen LogP contribution in [0.1, 0.15) is 60.1 Å². The maximum atomic E-state index is 13.6. The van der Waals surface area contributed by atoms with Crippen LogP contribution in [0.15, 0.2) is 53.8 Å². The Morgan fingerprint density at radius 1 is 1.03 bits per heavy atom. The van der Waals surface area contributed by atoms with Crippen molar-refractivity contribution < 1.29 is 32.9 Å². The fraction of sp³-hybridized carbons (Fsp3) is 0.444. The van der Waals surface area contributed by atoms with E-state index in [0.717, 1.165) is 31.7 Å². The standard InChI is InChI=1S/C27H28F3N3O4/c28-27(29,30)21-5-2-1-4-19(21)24(31)20(25(34)15-8-9-15)14-37-18-12-16-10-11-17(13-18)33(16)23-7-3-6-22(32-23)26(35)36/h1-7,15-18,31,34H,8-14H2,(H,35,36)/b25-20-,31-24?/t16-,17?,18?/m0/s1. The lowest BCUT2D eigenvalue weighted by Gasteiger charge is -2.39. The lowest BCUT2D eigenvalue weighted by atomic mass is 9.95. The number of aromatic carboxylic acids is 1. The highest BCUT2D eigenvalue weighted by Gasteiger charge is 2.42. The van der Waals surface area contributed by atoms with E-state index in [0.29, 0.717) is 18.7 Å². The van der Waals surface area contributed by atoms with Gasteiger partial charge in [0, 0.05) is 29.1 Å². The minimum atomic E-state index is -4.62. The zero-order valence-corrected chi connectivity index (χ0v) is 20.0. The largest absolute Gasteiger partial charge is 0.512 e. The molecule has 10 heteroatoms. The Morgan fingerprint density at radius 3 is 2.32 bits per heavy atom. The van der Waals surface area contributed by atoms with Crippen molar-refractivity contribution in [2.24, 2.45) is 5.92 Å². The normalized spacial score (nSPS) is 24.1. The van der Waals surface area contributed by atoms with E-state index in [9.17, 15) is 28.2 Å². The molecule has 7 nitrogen and oxygen atoms in total. The number of hydrogen-bond acceptors (Lipinski definition) is 6. The molecule has 3 atom stereocenters. The first-order valence-electron chi connectivity index (χ1n) is 12.4. The van der Waals surface area contributed by atoms with Gasteiger partial charge in [-0.2, -0.15) is 13.2 Å². The van der Waals surface area contributed by atoms with Gasteiger partial charge >= 0.3 is 12.1 Å². The molecule has 3 aliphatic rings. The number of allylic oxidation sites excluding steroid dienone is 1. The Kier molecular flexibility index (Phi) is 6.70. The first kappa shape index (κ1) is 25.3. The van der Waals surface area contributed by atoms with Crippen LogP contribution in [-0.4, -0.2) is 51.7 Å². The summed E-state index contributed by atoms with van der Waals surface area (Å²) in [5, 5.41) is 28.7. The number of alkyl halides is 3. The number of nitrogens with one attached hydrogen (secondary N) is 1. The minimum absolute atomic E-state index is 0.0155. The minimum Gasteiger partial charge on any atom is -0.512 e. The van der Waals surface area contributed by atoms with Gasteiger partial charge in [0.25, 0.3) is 0 Å². The smallest absolute Gasteiger partial charge is 0.417 e. The summed E-state index contributed by atoms with van der Waals surface area (Å²) in [6.45, 7) is -0.149. The van der Waals surface area contributed by atoms with Crippen LogP contribution in [-0.2, 0) is 10.9 Å². The van der Waals surface area contributed by atoms with Crippen LogP contribution in [0.2, 0.25) is 0 Å². The van der Waals surface area contributed by atoms with Crippen LogP contribution in [0.3, 0.4) is 0 Å². The summed E-state index contributed by atoms with van der Waals surface area (Å²) < 4.78 is 47.0. The molecule has 196 valence electrons. The quantitative estimate of drug-likeness (QED) is 0.312. The maximum absolute atomic E-state index is 13.6. The maximum Gasteiger partial charge on any atom is 0.417 e. The van der Waals surface area contributed by atoms with Crippen molar-refractivity contribution in [2.45, 2.75) is 62.9 Å². The van der Waals surface area contributed by atoms with E-state index in [4.69, 9.17) is 10.1 Å². The Hall–Kier alpha value is -3.40. The molecule has 2 aliphatic heterocycles. The van der Waals surface area contributed by atoms with Crippen molar-refractivity contribution in [3.05, 3.63) is 70.6 Å².